The molecular formula is C14H13BrF2N2. The molecule has 0 aliphatic carbocycles. The summed E-state index contributed by atoms with van der Waals surface area (Å²) in [5.74, 6) is 4.83. The molecule has 19 heavy (non-hydrogen) atoms. The average molecular weight is 327 g/mol. The molecule has 0 aromatic heterocycles. The Balaban J connectivity index is 2.52. The van der Waals surface area contributed by atoms with Crippen LogP contribution in [0.25, 0.3) is 0 Å². The molecule has 0 radical (unpaired) electrons. The van der Waals surface area contributed by atoms with Crippen LogP contribution in [-0.4, -0.2) is 0 Å². The van der Waals surface area contributed by atoms with Gasteiger partial charge in [-0.1, -0.05) is 22.0 Å². The van der Waals surface area contributed by atoms with Gasteiger partial charge in [-0.2, -0.15) is 0 Å². The molecule has 2 aromatic carbocycles. The fourth-order valence-corrected chi connectivity index (χ4v) is 2.51. The van der Waals surface area contributed by atoms with Crippen LogP contribution in [-0.2, 0) is 0 Å². The van der Waals surface area contributed by atoms with Crippen molar-refractivity contribution in [3.63, 3.8) is 0 Å². The average Bonchev–Trinajstić information content (AvgIpc) is 2.33. The summed E-state index contributed by atoms with van der Waals surface area (Å²) >= 11 is 3.35. The van der Waals surface area contributed by atoms with Crippen LogP contribution in [0.4, 0.5) is 8.78 Å². The molecule has 0 spiro atoms. The Morgan fingerprint density at radius 2 is 1.84 bits per heavy atom. The van der Waals surface area contributed by atoms with Gasteiger partial charge in [-0.05, 0) is 53.9 Å². The zero-order chi connectivity index (χ0) is 14.0. The normalized spacial score (nSPS) is 12.5. The third-order valence-corrected chi connectivity index (χ3v) is 3.56. The van der Waals surface area contributed by atoms with Crippen molar-refractivity contribution in [3.05, 3.63) is 69.2 Å². The van der Waals surface area contributed by atoms with E-state index < -0.39 is 6.04 Å². The fourth-order valence-electron chi connectivity index (χ4n) is 2.03. The Hall–Kier alpha value is -1.30. The maximum atomic E-state index is 13.5. The molecule has 3 N–H and O–H groups in total. The Bertz CT molecular complexity index is 582. The molecule has 0 fully saturated rings. The molecule has 2 rings (SSSR count). The van der Waals surface area contributed by atoms with Crippen molar-refractivity contribution in [3.8, 4) is 0 Å². The van der Waals surface area contributed by atoms with Crippen LogP contribution in [0.1, 0.15) is 22.7 Å². The number of hydrogen-bond acceptors (Lipinski definition) is 2. The smallest absolute Gasteiger partial charge is 0.123 e. The molecule has 0 aliphatic heterocycles. The molecule has 0 amide bonds. The van der Waals surface area contributed by atoms with Gasteiger partial charge in [-0.15, -0.1) is 0 Å². The van der Waals surface area contributed by atoms with E-state index in [9.17, 15) is 8.78 Å². The van der Waals surface area contributed by atoms with Crippen LogP contribution in [0.15, 0.2) is 40.9 Å². The van der Waals surface area contributed by atoms with E-state index in [0.717, 1.165) is 5.56 Å². The SMILES string of the molecule is Cc1cc(F)cc(C(NN)c2cc(F)ccc2Br)c1. The number of nitrogens with two attached hydrogens (primary N) is 1. The number of rotatable bonds is 3. The summed E-state index contributed by atoms with van der Waals surface area (Å²) in [6.07, 6.45) is 0. The fraction of sp³-hybridized carbons (Fsp3) is 0.143. The van der Waals surface area contributed by atoms with Crippen molar-refractivity contribution < 1.29 is 8.78 Å². The Labute approximate surface area is 118 Å². The number of halogens is 3. The summed E-state index contributed by atoms with van der Waals surface area (Å²) in [5.41, 5.74) is 4.64. The van der Waals surface area contributed by atoms with E-state index in [-0.39, 0.29) is 11.6 Å². The van der Waals surface area contributed by atoms with E-state index >= 15 is 0 Å². The minimum atomic E-state index is -0.487. The maximum Gasteiger partial charge on any atom is 0.123 e. The molecule has 100 valence electrons. The number of nitrogens with one attached hydrogen (secondary N) is 1. The van der Waals surface area contributed by atoms with Gasteiger partial charge in [-0.3, -0.25) is 5.84 Å². The molecule has 2 nitrogen and oxygen atoms in total. The first kappa shape index (κ1) is 14.1. The van der Waals surface area contributed by atoms with Gasteiger partial charge < -0.3 is 0 Å². The van der Waals surface area contributed by atoms with Crippen LogP contribution >= 0.6 is 15.9 Å². The number of hydrogen-bond donors (Lipinski definition) is 2. The van der Waals surface area contributed by atoms with Crippen molar-refractivity contribution in [2.75, 3.05) is 0 Å². The van der Waals surface area contributed by atoms with E-state index in [1.165, 1.54) is 24.3 Å². The molecule has 0 heterocycles. The number of hydrazine groups is 1. The second-order valence-electron chi connectivity index (χ2n) is 4.33. The van der Waals surface area contributed by atoms with Gasteiger partial charge in [0.15, 0.2) is 0 Å². The van der Waals surface area contributed by atoms with E-state index in [0.29, 0.717) is 15.6 Å². The molecule has 2 aromatic rings. The van der Waals surface area contributed by atoms with Crippen molar-refractivity contribution in [2.45, 2.75) is 13.0 Å². The highest BCUT2D eigenvalue weighted by atomic mass is 79.9. The molecule has 0 aliphatic rings. The van der Waals surface area contributed by atoms with Crippen LogP contribution in [0.3, 0.4) is 0 Å². The summed E-state index contributed by atoms with van der Waals surface area (Å²) in [4.78, 5) is 0. The highest BCUT2D eigenvalue weighted by Crippen LogP contribution is 2.29. The summed E-state index contributed by atoms with van der Waals surface area (Å²) in [6, 6.07) is 8.45. The van der Waals surface area contributed by atoms with Crippen molar-refractivity contribution >= 4 is 15.9 Å². The number of benzene rings is 2. The van der Waals surface area contributed by atoms with Crippen molar-refractivity contribution in [1.82, 2.24) is 5.43 Å². The van der Waals surface area contributed by atoms with Gasteiger partial charge in [-0.25, -0.2) is 14.2 Å². The molecular weight excluding hydrogens is 314 g/mol. The zero-order valence-corrected chi connectivity index (χ0v) is 11.8. The van der Waals surface area contributed by atoms with Crippen LogP contribution < -0.4 is 11.3 Å². The highest BCUT2D eigenvalue weighted by Gasteiger charge is 2.17. The second-order valence-corrected chi connectivity index (χ2v) is 5.18. The Kier molecular flexibility index (Phi) is 4.29. The van der Waals surface area contributed by atoms with Crippen LogP contribution in [0.2, 0.25) is 0 Å². The lowest BCUT2D eigenvalue weighted by Gasteiger charge is -2.19. The largest absolute Gasteiger partial charge is 0.271 e. The molecule has 0 saturated heterocycles. The van der Waals surface area contributed by atoms with E-state index in [1.807, 2.05) is 6.07 Å². The minimum absolute atomic E-state index is 0.345. The summed E-state index contributed by atoms with van der Waals surface area (Å²) in [6.45, 7) is 1.79. The first-order valence-corrected chi connectivity index (χ1v) is 6.48. The van der Waals surface area contributed by atoms with E-state index in [4.69, 9.17) is 5.84 Å². The standard InChI is InChI=1S/C14H13BrF2N2/c1-8-4-9(6-11(17)5-8)14(19-18)12-7-10(16)2-3-13(12)15/h2-7,14,19H,18H2,1H3. The number of aryl methyl sites for hydroxylation is 1. The first-order valence-electron chi connectivity index (χ1n) is 5.69. The van der Waals surface area contributed by atoms with Gasteiger partial charge in [0.05, 0.1) is 6.04 Å². The maximum absolute atomic E-state index is 13.5. The lowest BCUT2D eigenvalue weighted by atomic mass is 9.97. The first-order chi connectivity index (χ1) is 9.01. The molecule has 1 unspecified atom stereocenters. The molecule has 5 heteroatoms. The second kappa shape index (κ2) is 5.77. The quantitative estimate of drug-likeness (QED) is 0.668. The molecule has 0 saturated carbocycles. The van der Waals surface area contributed by atoms with Gasteiger partial charge in [0, 0.05) is 4.47 Å². The highest BCUT2D eigenvalue weighted by molar-refractivity contribution is 9.10. The van der Waals surface area contributed by atoms with Crippen molar-refractivity contribution in [2.24, 2.45) is 5.84 Å². The lowest BCUT2D eigenvalue weighted by molar-refractivity contribution is 0.592. The predicted octanol–water partition coefficient (Wildman–Crippen LogP) is 3.59. The van der Waals surface area contributed by atoms with Crippen molar-refractivity contribution in [1.29, 1.82) is 0 Å². The third kappa shape index (κ3) is 3.18. The molecule has 1 atom stereocenters. The summed E-state index contributed by atoms with van der Waals surface area (Å²) in [7, 11) is 0. The minimum Gasteiger partial charge on any atom is -0.271 e. The summed E-state index contributed by atoms with van der Waals surface area (Å²) < 4.78 is 27.5. The molecule has 0 bridgehead atoms. The topological polar surface area (TPSA) is 38.0 Å². The Morgan fingerprint density at radius 3 is 2.47 bits per heavy atom. The third-order valence-electron chi connectivity index (χ3n) is 2.83. The van der Waals surface area contributed by atoms with E-state index in [2.05, 4.69) is 21.4 Å². The van der Waals surface area contributed by atoms with Crippen LogP contribution in [0.5, 0.6) is 0 Å². The van der Waals surface area contributed by atoms with E-state index in [1.54, 1.807) is 13.0 Å². The monoisotopic (exact) mass is 326 g/mol. The van der Waals surface area contributed by atoms with Gasteiger partial charge in [0.2, 0.25) is 0 Å². The lowest BCUT2D eigenvalue weighted by Crippen LogP contribution is -2.29. The van der Waals surface area contributed by atoms with Crippen LogP contribution in [0, 0.1) is 18.6 Å². The zero-order valence-electron chi connectivity index (χ0n) is 10.3. The van der Waals surface area contributed by atoms with Gasteiger partial charge >= 0.3 is 0 Å². The predicted molar refractivity (Wildman–Crippen MR) is 74.4 cm³/mol. The Morgan fingerprint density at radius 1 is 1.11 bits per heavy atom. The van der Waals surface area contributed by atoms with Gasteiger partial charge in [0.25, 0.3) is 0 Å². The van der Waals surface area contributed by atoms with Gasteiger partial charge in [0.1, 0.15) is 11.6 Å². The summed E-state index contributed by atoms with van der Waals surface area (Å²) in [5, 5.41) is 0.